The van der Waals surface area contributed by atoms with Crippen molar-refractivity contribution in [1.82, 2.24) is 0 Å². The maximum absolute atomic E-state index is 12.2. The second-order valence-electron chi connectivity index (χ2n) is 5.51. The quantitative estimate of drug-likeness (QED) is 0.489. The highest BCUT2D eigenvalue weighted by Gasteiger charge is 2.26. The van der Waals surface area contributed by atoms with Gasteiger partial charge in [-0.05, 0) is 30.8 Å². The van der Waals surface area contributed by atoms with Gasteiger partial charge in [0.2, 0.25) is 0 Å². The van der Waals surface area contributed by atoms with E-state index in [9.17, 15) is 9.59 Å². The van der Waals surface area contributed by atoms with Crippen LogP contribution in [0, 0.1) is 6.92 Å². The van der Waals surface area contributed by atoms with Gasteiger partial charge >= 0.3 is 11.9 Å². The molecule has 0 saturated carbocycles. The van der Waals surface area contributed by atoms with E-state index in [2.05, 4.69) is 10.6 Å². The van der Waals surface area contributed by atoms with Gasteiger partial charge in [-0.25, -0.2) is 9.59 Å². The standard InChI is InChI=1S/C18H19ClN2O6S2/c1-8-13(16(22)26-4)15(29-14(8)17(23)27-5)21-18(28)20-10-6-9(19)11(24-2)7-12(10)25-3/h6-7H,1-5H3,(H2,20,21,28). The molecule has 1 heterocycles. The summed E-state index contributed by atoms with van der Waals surface area (Å²) in [5.74, 6) is -0.281. The maximum Gasteiger partial charge on any atom is 0.348 e. The van der Waals surface area contributed by atoms with Crippen LogP contribution in [-0.4, -0.2) is 45.5 Å². The molecule has 1 aromatic carbocycles. The molecule has 0 amide bonds. The minimum atomic E-state index is -0.607. The Hall–Kier alpha value is -2.56. The zero-order valence-corrected chi connectivity index (χ0v) is 18.7. The van der Waals surface area contributed by atoms with Crippen molar-refractivity contribution in [2.24, 2.45) is 0 Å². The van der Waals surface area contributed by atoms with Crippen LogP contribution in [0.1, 0.15) is 25.6 Å². The molecule has 0 bridgehead atoms. The van der Waals surface area contributed by atoms with E-state index in [1.54, 1.807) is 19.1 Å². The van der Waals surface area contributed by atoms with Crippen molar-refractivity contribution in [2.45, 2.75) is 6.92 Å². The summed E-state index contributed by atoms with van der Waals surface area (Å²) in [4.78, 5) is 24.5. The molecule has 0 saturated heterocycles. The fourth-order valence-corrected chi connectivity index (χ4v) is 4.09. The Bertz CT molecular complexity index is 960. The lowest BCUT2D eigenvalue weighted by molar-refractivity contribution is 0.0601. The molecule has 0 atom stereocenters. The van der Waals surface area contributed by atoms with Crippen LogP contribution >= 0.6 is 35.2 Å². The van der Waals surface area contributed by atoms with Gasteiger partial charge in [-0.1, -0.05) is 11.6 Å². The van der Waals surface area contributed by atoms with Crippen molar-refractivity contribution in [1.29, 1.82) is 0 Å². The van der Waals surface area contributed by atoms with Gasteiger partial charge in [-0.15, -0.1) is 11.3 Å². The van der Waals surface area contributed by atoms with E-state index >= 15 is 0 Å². The van der Waals surface area contributed by atoms with Gasteiger partial charge in [0.05, 0.1) is 44.7 Å². The summed E-state index contributed by atoms with van der Waals surface area (Å²) in [6.45, 7) is 1.63. The molecule has 0 spiro atoms. The summed E-state index contributed by atoms with van der Waals surface area (Å²) in [5.41, 5.74) is 1.11. The molecule has 0 unspecified atom stereocenters. The van der Waals surface area contributed by atoms with E-state index < -0.39 is 11.9 Å². The number of hydrogen-bond acceptors (Lipinski definition) is 8. The number of carbonyl (C=O) groups excluding carboxylic acids is 2. The number of halogens is 1. The van der Waals surface area contributed by atoms with E-state index in [0.717, 1.165) is 11.3 Å². The van der Waals surface area contributed by atoms with Gasteiger partial charge in [0, 0.05) is 6.07 Å². The lowest BCUT2D eigenvalue weighted by Gasteiger charge is -2.15. The monoisotopic (exact) mass is 458 g/mol. The van der Waals surface area contributed by atoms with Gasteiger partial charge in [0.25, 0.3) is 0 Å². The Kier molecular flexibility index (Phi) is 7.66. The number of benzene rings is 1. The molecule has 0 aliphatic carbocycles. The molecule has 11 heteroatoms. The van der Waals surface area contributed by atoms with Crippen LogP contribution in [0.2, 0.25) is 5.02 Å². The van der Waals surface area contributed by atoms with Crippen molar-refractivity contribution < 1.29 is 28.5 Å². The Labute approximate surface area is 182 Å². The zero-order valence-electron chi connectivity index (χ0n) is 16.3. The summed E-state index contributed by atoms with van der Waals surface area (Å²) < 4.78 is 20.1. The highest BCUT2D eigenvalue weighted by molar-refractivity contribution is 7.80. The number of ether oxygens (including phenoxy) is 4. The third kappa shape index (κ3) is 4.89. The third-order valence-corrected chi connectivity index (χ3v) is 5.54. The highest BCUT2D eigenvalue weighted by Crippen LogP contribution is 2.37. The van der Waals surface area contributed by atoms with Crippen LogP contribution in [0.15, 0.2) is 12.1 Å². The molecule has 0 aliphatic heterocycles. The summed E-state index contributed by atoms with van der Waals surface area (Å²) in [5, 5.41) is 6.71. The first-order chi connectivity index (χ1) is 13.8. The number of hydrogen-bond donors (Lipinski definition) is 2. The third-order valence-electron chi connectivity index (χ3n) is 3.86. The van der Waals surface area contributed by atoms with Gasteiger partial charge in [0.15, 0.2) is 5.11 Å². The predicted molar refractivity (Wildman–Crippen MR) is 116 cm³/mol. The van der Waals surface area contributed by atoms with Crippen LogP contribution in [0.4, 0.5) is 10.7 Å². The van der Waals surface area contributed by atoms with Crippen molar-refractivity contribution in [2.75, 3.05) is 39.1 Å². The Morgan fingerprint density at radius 2 is 1.62 bits per heavy atom. The zero-order chi connectivity index (χ0) is 21.7. The van der Waals surface area contributed by atoms with E-state index in [1.165, 1.54) is 28.4 Å². The predicted octanol–water partition coefficient (Wildman–Crippen LogP) is 4.11. The number of anilines is 2. The van der Waals surface area contributed by atoms with Crippen molar-refractivity contribution in [3.63, 3.8) is 0 Å². The Balaban J connectivity index is 2.35. The van der Waals surface area contributed by atoms with Crippen LogP contribution < -0.4 is 20.1 Å². The minimum absolute atomic E-state index is 0.146. The van der Waals surface area contributed by atoms with E-state index in [-0.39, 0.29) is 15.6 Å². The Morgan fingerprint density at radius 3 is 2.17 bits per heavy atom. The second kappa shape index (κ2) is 9.77. The first-order valence-corrected chi connectivity index (χ1v) is 9.67. The van der Waals surface area contributed by atoms with Gasteiger partial charge < -0.3 is 29.6 Å². The molecule has 1 aromatic heterocycles. The first kappa shape index (κ1) is 22.7. The maximum atomic E-state index is 12.2. The molecule has 0 radical (unpaired) electrons. The summed E-state index contributed by atoms with van der Waals surface area (Å²) in [7, 11) is 5.50. The number of nitrogens with one attached hydrogen (secondary N) is 2. The highest BCUT2D eigenvalue weighted by atomic mass is 35.5. The van der Waals surface area contributed by atoms with Crippen molar-refractivity contribution in [3.8, 4) is 11.5 Å². The van der Waals surface area contributed by atoms with E-state index in [0.29, 0.717) is 32.8 Å². The Morgan fingerprint density at radius 1 is 1.00 bits per heavy atom. The molecule has 8 nitrogen and oxygen atoms in total. The first-order valence-electron chi connectivity index (χ1n) is 8.06. The molecule has 156 valence electrons. The van der Waals surface area contributed by atoms with Crippen molar-refractivity contribution in [3.05, 3.63) is 33.2 Å². The van der Waals surface area contributed by atoms with Crippen LogP contribution in [0.25, 0.3) is 0 Å². The number of thiophene rings is 1. The average Bonchev–Trinajstić information content (AvgIpc) is 3.02. The number of carbonyl (C=O) groups is 2. The molecule has 2 aromatic rings. The summed E-state index contributed by atoms with van der Waals surface area (Å²) >= 11 is 12.5. The van der Waals surface area contributed by atoms with Crippen molar-refractivity contribution >= 4 is 62.9 Å². The summed E-state index contributed by atoms with van der Waals surface area (Å²) in [6.07, 6.45) is 0. The smallest absolute Gasteiger partial charge is 0.348 e. The van der Waals surface area contributed by atoms with Crippen LogP contribution in [0.5, 0.6) is 11.5 Å². The lowest BCUT2D eigenvalue weighted by Crippen LogP contribution is -2.20. The minimum Gasteiger partial charge on any atom is -0.495 e. The average molecular weight is 459 g/mol. The largest absolute Gasteiger partial charge is 0.495 e. The lowest BCUT2D eigenvalue weighted by atomic mass is 10.1. The van der Waals surface area contributed by atoms with Crippen LogP contribution in [0.3, 0.4) is 0 Å². The molecular weight excluding hydrogens is 440 g/mol. The number of esters is 2. The van der Waals surface area contributed by atoms with E-state index in [4.69, 9.17) is 42.8 Å². The van der Waals surface area contributed by atoms with Gasteiger partial charge in [-0.3, -0.25) is 0 Å². The fraction of sp³-hybridized carbons (Fsp3) is 0.278. The van der Waals surface area contributed by atoms with E-state index in [1.807, 2.05) is 0 Å². The number of rotatable bonds is 6. The fourth-order valence-electron chi connectivity index (χ4n) is 2.45. The number of methoxy groups -OCH3 is 4. The topological polar surface area (TPSA) is 95.1 Å². The number of thiocarbonyl (C=S) groups is 1. The van der Waals surface area contributed by atoms with Crippen LogP contribution in [-0.2, 0) is 9.47 Å². The molecule has 2 N–H and O–H groups in total. The SMILES string of the molecule is COC(=O)c1sc(NC(=S)Nc2cc(Cl)c(OC)cc2OC)c(C(=O)OC)c1C. The molecule has 0 aliphatic rings. The second-order valence-corrected chi connectivity index (χ2v) is 7.35. The molecular formula is C18H19ClN2O6S2. The molecule has 0 fully saturated rings. The van der Waals surface area contributed by atoms with Gasteiger partial charge in [-0.2, -0.15) is 0 Å². The molecule has 2 rings (SSSR count). The van der Waals surface area contributed by atoms with Gasteiger partial charge in [0.1, 0.15) is 21.4 Å². The summed E-state index contributed by atoms with van der Waals surface area (Å²) in [6, 6.07) is 3.20. The normalized spacial score (nSPS) is 10.1. The molecule has 29 heavy (non-hydrogen) atoms.